The van der Waals surface area contributed by atoms with Gasteiger partial charge in [-0.25, -0.2) is 0 Å². The average Bonchev–Trinajstić information content (AvgIpc) is 3.08. The van der Waals surface area contributed by atoms with E-state index in [-0.39, 0.29) is 30.8 Å². The van der Waals surface area contributed by atoms with Crippen LogP contribution in [0.4, 0.5) is 0 Å². The van der Waals surface area contributed by atoms with Gasteiger partial charge in [-0.2, -0.15) is 0 Å². The van der Waals surface area contributed by atoms with Crippen LogP contribution in [0.3, 0.4) is 0 Å². The highest BCUT2D eigenvalue weighted by atomic mass is 16.5. The summed E-state index contributed by atoms with van der Waals surface area (Å²) >= 11 is 0. The van der Waals surface area contributed by atoms with E-state index in [0.717, 1.165) is 17.8 Å². The van der Waals surface area contributed by atoms with Crippen molar-refractivity contribution in [2.24, 2.45) is 0 Å². The number of hydrogen-bond acceptors (Lipinski definition) is 3. The summed E-state index contributed by atoms with van der Waals surface area (Å²) in [5.74, 6) is -0.325. The number of nitrogens with zero attached hydrogens (tertiary/aromatic N) is 2. The quantitative estimate of drug-likeness (QED) is 0.786. The molecule has 0 saturated carbocycles. The predicted octanol–water partition coefficient (Wildman–Crippen LogP) is 3.07. The Morgan fingerprint density at radius 2 is 1.88 bits per heavy atom. The summed E-state index contributed by atoms with van der Waals surface area (Å²) in [5, 5.41) is 0. The summed E-state index contributed by atoms with van der Waals surface area (Å²) in [4.78, 5) is 26.3. The normalized spacial score (nSPS) is 16.4. The Morgan fingerprint density at radius 1 is 1.12 bits per heavy atom. The van der Waals surface area contributed by atoms with E-state index in [9.17, 15) is 9.59 Å². The van der Waals surface area contributed by atoms with E-state index in [1.165, 1.54) is 5.56 Å². The number of esters is 1. The SMILES string of the molecule is CCOC(=O)CCC(=O)N1CCn2cccc2C1c1ccc(C)cc1. The Morgan fingerprint density at radius 3 is 2.60 bits per heavy atom. The number of fused-ring (bicyclic) bond motifs is 1. The van der Waals surface area contributed by atoms with Crippen molar-refractivity contribution in [1.29, 1.82) is 0 Å². The fraction of sp³-hybridized carbons (Fsp3) is 0.400. The molecule has 0 saturated heterocycles. The van der Waals surface area contributed by atoms with E-state index in [0.29, 0.717) is 13.2 Å². The number of ether oxygens (including phenoxy) is 1. The lowest BCUT2D eigenvalue weighted by Crippen LogP contribution is -2.42. The molecular weight excluding hydrogens is 316 g/mol. The van der Waals surface area contributed by atoms with E-state index < -0.39 is 0 Å². The first kappa shape index (κ1) is 17.3. The van der Waals surface area contributed by atoms with Gasteiger partial charge in [0.25, 0.3) is 0 Å². The van der Waals surface area contributed by atoms with Crippen LogP contribution in [0.5, 0.6) is 0 Å². The lowest BCUT2D eigenvalue weighted by atomic mass is 9.98. The first-order valence-corrected chi connectivity index (χ1v) is 8.77. The van der Waals surface area contributed by atoms with Gasteiger partial charge in [-0.05, 0) is 31.5 Å². The van der Waals surface area contributed by atoms with Gasteiger partial charge < -0.3 is 14.2 Å². The highest BCUT2D eigenvalue weighted by Gasteiger charge is 2.32. The summed E-state index contributed by atoms with van der Waals surface area (Å²) in [6, 6.07) is 12.3. The van der Waals surface area contributed by atoms with E-state index in [2.05, 4.69) is 48.0 Å². The van der Waals surface area contributed by atoms with Gasteiger partial charge in [0.1, 0.15) is 0 Å². The zero-order valence-corrected chi connectivity index (χ0v) is 14.8. The third-order valence-electron chi connectivity index (χ3n) is 4.60. The second kappa shape index (κ2) is 7.55. The number of carbonyl (C=O) groups excluding carboxylic acids is 2. The molecule has 1 amide bonds. The van der Waals surface area contributed by atoms with Gasteiger partial charge in [0.15, 0.2) is 0 Å². The molecule has 1 unspecified atom stereocenters. The van der Waals surface area contributed by atoms with E-state index in [4.69, 9.17) is 4.74 Å². The number of aromatic nitrogens is 1. The van der Waals surface area contributed by atoms with Crippen LogP contribution in [-0.2, 0) is 20.9 Å². The first-order chi connectivity index (χ1) is 12.1. The largest absolute Gasteiger partial charge is 0.466 e. The molecule has 1 aliphatic rings. The molecule has 3 rings (SSSR count). The number of hydrogen-bond donors (Lipinski definition) is 0. The van der Waals surface area contributed by atoms with Crippen LogP contribution < -0.4 is 0 Å². The van der Waals surface area contributed by atoms with Gasteiger partial charge in [-0.15, -0.1) is 0 Å². The van der Waals surface area contributed by atoms with Crippen LogP contribution >= 0.6 is 0 Å². The molecule has 1 aromatic heterocycles. The smallest absolute Gasteiger partial charge is 0.306 e. The maximum atomic E-state index is 12.8. The lowest BCUT2D eigenvalue weighted by molar-refractivity contribution is -0.146. The first-order valence-electron chi connectivity index (χ1n) is 8.77. The average molecular weight is 340 g/mol. The fourth-order valence-corrected chi connectivity index (χ4v) is 3.34. The van der Waals surface area contributed by atoms with Crippen molar-refractivity contribution in [3.8, 4) is 0 Å². The lowest BCUT2D eigenvalue weighted by Gasteiger charge is -2.37. The van der Waals surface area contributed by atoms with Crippen LogP contribution in [0.15, 0.2) is 42.6 Å². The van der Waals surface area contributed by atoms with Crippen molar-refractivity contribution >= 4 is 11.9 Å². The Labute approximate surface area is 148 Å². The number of amides is 1. The topological polar surface area (TPSA) is 51.5 Å². The highest BCUT2D eigenvalue weighted by molar-refractivity contribution is 5.82. The molecule has 5 nitrogen and oxygen atoms in total. The third kappa shape index (κ3) is 3.76. The van der Waals surface area contributed by atoms with Crippen molar-refractivity contribution in [2.75, 3.05) is 13.2 Å². The molecule has 2 heterocycles. The minimum Gasteiger partial charge on any atom is -0.466 e. The van der Waals surface area contributed by atoms with Crippen molar-refractivity contribution in [3.05, 3.63) is 59.4 Å². The number of benzene rings is 1. The molecule has 0 bridgehead atoms. The Balaban J connectivity index is 1.83. The molecule has 1 aromatic carbocycles. The van der Waals surface area contributed by atoms with Crippen molar-refractivity contribution < 1.29 is 14.3 Å². The molecule has 0 fully saturated rings. The Hall–Kier alpha value is -2.56. The standard InChI is InChI=1S/C20H24N2O3/c1-3-25-19(24)11-10-18(23)22-14-13-21-12-4-5-17(21)20(22)16-8-6-15(2)7-9-16/h4-9,12,20H,3,10-11,13-14H2,1-2H3. The van der Waals surface area contributed by atoms with Crippen LogP contribution in [0.2, 0.25) is 0 Å². The summed E-state index contributed by atoms with van der Waals surface area (Å²) < 4.78 is 7.13. The molecule has 2 aromatic rings. The van der Waals surface area contributed by atoms with Gasteiger partial charge in [-0.3, -0.25) is 9.59 Å². The van der Waals surface area contributed by atoms with Crippen LogP contribution in [0.25, 0.3) is 0 Å². The summed E-state index contributed by atoms with van der Waals surface area (Å²) in [5.41, 5.74) is 3.39. The van der Waals surface area contributed by atoms with Crippen molar-refractivity contribution in [1.82, 2.24) is 9.47 Å². The third-order valence-corrected chi connectivity index (χ3v) is 4.60. The number of carbonyl (C=O) groups is 2. The predicted molar refractivity (Wildman–Crippen MR) is 95.0 cm³/mol. The maximum absolute atomic E-state index is 12.8. The van der Waals surface area contributed by atoms with E-state index >= 15 is 0 Å². The summed E-state index contributed by atoms with van der Waals surface area (Å²) in [6.45, 7) is 5.58. The zero-order valence-electron chi connectivity index (χ0n) is 14.8. The van der Waals surface area contributed by atoms with Crippen LogP contribution in [0, 0.1) is 6.92 Å². The minimum absolute atomic E-state index is 0.00826. The van der Waals surface area contributed by atoms with Crippen LogP contribution in [-0.4, -0.2) is 34.5 Å². The molecule has 25 heavy (non-hydrogen) atoms. The molecule has 5 heteroatoms. The molecule has 1 atom stereocenters. The van der Waals surface area contributed by atoms with Gasteiger partial charge in [0.05, 0.1) is 19.1 Å². The minimum atomic E-state index is -0.317. The monoisotopic (exact) mass is 340 g/mol. The van der Waals surface area contributed by atoms with E-state index in [1.54, 1.807) is 6.92 Å². The number of aryl methyl sites for hydroxylation is 1. The molecule has 0 N–H and O–H groups in total. The highest BCUT2D eigenvalue weighted by Crippen LogP contribution is 2.33. The molecule has 0 aliphatic carbocycles. The van der Waals surface area contributed by atoms with Crippen LogP contribution in [0.1, 0.15) is 42.6 Å². The second-order valence-electron chi connectivity index (χ2n) is 6.33. The molecule has 132 valence electrons. The molecular formula is C20H24N2O3. The molecule has 0 spiro atoms. The Bertz CT molecular complexity index is 749. The van der Waals surface area contributed by atoms with Gasteiger partial charge >= 0.3 is 5.97 Å². The molecule has 1 aliphatic heterocycles. The maximum Gasteiger partial charge on any atom is 0.306 e. The second-order valence-corrected chi connectivity index (χ2v) is 6.33. The van der Waals surface area contributed by atoms with Gasteiger partial charge in [0.2, 0.25) is 5.91 Å². The fourth-order valence-electron chi connectivity index (χ4n) is 3.34. The zero-order chi connectivity index (χ0) is 17.8. The van der Waals surface area contributed by atoms with Crippen molar-refractivity contribution in [2.45, 2.75) is 39.3 Å². The van der Waals surface area contributed by atoms with E-state index in [1.807, 2.05) is 11.0 Å². The van der Waals surface area contributed by atoms with Gasteiger partial charge in [-0.1, -0.05) is 29.8 Å². The summed E-state index contributed by atoms with van der Waals surface area (Å²) in [7, 11) is 0. The molecule has 0 radical (unpaired) electrons. The number of rotatable bonds is 5. The van der Waals surface area contributed by atoms with Crippen molar-refractivity contribution in [3.63, 3.8) is 0 Å². The summed E-state index contributed by atoms with van der Waals surface area (Å²) in [6.07, 6.45) is 2.36. The Kier molecular flexibility index (Phi) is 5.22. The van der Waals surface area contributed by atoms with Gasteiger partial charge in [0, 0.05) is 31.4 Å².